The molecule has 0 bridgehead atoms. The van der Waals surface area contributed by atoms with Crippen molar-refractivity contribution in [1.29, 1.82) is 0 Å². The Hall–Kier alpha value is -1.61. The van der Waals surface area contributed by atoms with E-state index >= 15 is 0 Å². The zero-order valence-corrected chi connectivity index (χ0v) is 12.4. The van der Waals surface area contributed by atoms with Crippen molar-refractivity contribution in [2.75, 3.05) is 0 Å². The molecule has 1 aliphatic carbocycles. The van der Waals surface area contributed by atoms with Gasteiger partial charge in [-0.1, -0.05) is 29.8 Å². The topological polar surface area (TPSA) is 43.8 Å². The quantitative estimate of drug-likeness (QED) is 0.930. The summed E-state index contributed by atoms with van der Waals surface area (Å²) in [6.45, 7) is 5.03. The van der Waals surface area contributed by atoms with Crippen LogP contribution in [0.1, 0.15) is 47.2 Å². The summed E-state index contributed by atoms with van der Waals surface area (Å²) >= 11 is 0. The first-order valence-electron chi connectivity index (χ1n) is 7.52. The van der Waals surface area contributed by atoms with E-state index < -0.39 is 0 Å². The molecule has 106 valence electrons. The van der Waals surface area contributed by atoms with Crippen LogP contribution < -0.4 is 5.73 Å². The van der Waals surface area contributed by atoms with E-state index in [4.69, 9.17) is 10.7 Å². The van der Waals surface area contributed by atoms with E-state index in [0.717, 1.165) is 25.2 Å². The maximum Gasteiger partial charge on any atom is 0.106 e. The van der Waals surface area contributed by atoms with E-state index in [1.165, 1.54) is 35.4 Å². The van der Waals surface area contributed by atoms with Crippen molar-refractivity contribution in [2.24, 2.45) is 5.73 Å². The Morgan fingerprint density at radius 2 is 1.85 bits per heavy atom. The van der Waals surface area contributed by atoms with Crippen molar-refractivity contribution in [2.45, 2.75) is 52.1 Å². The van der Waals surface area contributed by atoms with Crippen LogP contribution in [-0.2, 0) is 19.4 Å². The van der Waals surface area contributed by atoms with E-state index in [1.807, 2.05) is 0 Å². The van der Waals surface area contributed by atoms with Gasteiger partial charge in [0.25, 0.3) is 0 Å². The highest BCUT2D eigenvalue weighted by Gasteiger charge is 2.19. The Balaban J connectivity index is 1.84. The van der Waals surface area contributed by atoms with Gasteiger partial charge in [-0.25, -0.2) is 4.98 Å². The normalized spacial score (nSPS) is 15.9. The number of benzene rings is 1. The second-order valence-electron chi connectivity index (χ2n) is 5.89. The lowest BCUT2D eigenvalue weighted by molar-refractivity contribution is 0.532. The molecular weight excluding hydrogens is 246 g/mol. The average Bonchev–Trinajstić information content (AvgIpc) is 2.76. The van der Waals surface area contributed by atoms with E-state index in [2.05, 4.69) is 42.7 Å². The number of rotatable bonds is 3. The number of aromatic nitrogens is 2. The standard InChI is InChI=1S/C17H23N3/c1-12-7-9-14(10-8-12)15(18)11-20-13(2)19-16-5-3-4-6-17(16)20/h7-10,15H,3-6,11,18H2,1-2H3. The zero-order chi connectivity index (χ0) is 14.1. The summed E-state index contributed by atoms with van der Waals surface area (Å²) < 4.78 is 2.33. The Morgan fingerprint density at radius 1 is 1.15 bits per heavy atom. The Labute approximate surface area is 120 Å². The minimum absolute atomic E-state index is 0.0366. The van der Waals surface area contributed by atoms with Gasteiger partial charge in [-0.3, -0.25) is 0 Å². The molecule has 3 rings (SSSR count). The molecule has 0 aliphatic heterocycles. The van der Waals surface area contributed by atoms with Crippen molar-refractivity contribution in [1.82, 2.24) is 9.55 Å². The fourth-order valence-corrected chi connectivity index (χ4v) is 3.09. The largest absolute Gasteiger partial charge is 0.330 e. The number of imidazole rings is 1. The molecular formula is C17H23N3. The summed E-state index contributed by atoms with van der Waals surface area (Å²) in [7, 11) is 0. The first-order chi connectivity index (χ1) is 9.65. The van der Waals surface area contributed by atoms with E-state index in [0.29, 0.717) is 0 Å². The van der Waals surface area contributed by atoms with Gasteiger partial charge in [-0.05, 0) is 45.1 Å². The second-order valence-corrected chi connectivity index (χ2v) is 5.89. The molecule has 1 aromatic carbocycles. The van der Waals surface area contributed by atoms with Gasteiger partial charge in [0.2, 0.25) is 0 Å². The predicted octanol–water partition coefficient (Wildman–Crippen LogP) is 3.08. The second kappa shape index (κ2) is 5.41. The van der Waals surface area contributed by atoms with Crippen LogP contribution in [0.4, 0.5) is 0 Å². The van der Waals surface area contributed by atoms with Crippen LogP contribution in [0.3, 0.4) is 0 Å². The van der Waals surface area contributed by atoms with Gasteiger partial charge in [-0.15, -0.1) is 0 Å². The van der Waals surface area contributed by atoms with Crippen LogP contribution >= 0.6 is 0 Å². The third kappa shape index (κ3) is 2.50. The van der Waals surface area contributed by atoms with Crippen LogP contribution in [-0.4, -0.2) is 9.55 Å². The maximum absolute atomic E-state index is 6.39. The highest BCUT2D eigenvalue weighted by Crippen LogP contribution is 2.24. The number of hydrogen-bond acceptors (Lipinski definition) is 2. The number of aryl methyl sites for hydroxylation is 3. The van der Waals surface area contributed by atoms with E-state index in [9.17, 15) is 0 Å². The van der Waals surface area contributed by atoms with Crippen LogP contribution in [0.15, 0.2) is 24.3 Å². The van der Waals surface area contributed by atoms with Crippen LogP contribution in [0.2, 0.25) is 0 Å². The molecule has 0 saturated heterocycles. The predicted molar refractivity (Wildman–Crippen MR) is 81.7 cm³/mol. The number of hydrogen-bond donors (Lipinski definition) is 1. The Kier molecular flexibility index (Phi) is 3.62. The summed E-state index contributed by atoms with van der Waals surface area (Å²) in [5.41, 5.74) is 11.6. The van der Waals surface area contributed by atoms with Crippen LogP contribution in [0.5, 0.6) is 0 Å². The maximum atomic E-state index is 6.39. The number of nitrogens with two attached hydrogens (primary N) is 1. The summed E-state index contributed by atoms with van der Waals surface area (Å²) in [4.78, 5) is 4.72. The molecule has 0 fully saturated rings. The minimum atomic E-state index is 0.0366. The van der Waals surface area contributed by atoms with Crippen LogP contribution in [0, 0.1) is 13.8 Å². The summed E-state index contributed by atoms with van der Waals surface area (Å²) in [6.07, 6.45) is 4.82. The Morgan fingerprint density at radius 3 is 2.60 bits per heavy atom. The van der Waals surface area contributed by atoms with Gasteiger partial charge in [0.05, 0.1) is 5.69 Å². The number of nitrogens with zero attached hydrogens (tertiary/aromatic N) is 2. The molecule has 1 aliphatic rings. The fraction of sp³-hybridized carbons (Fsp3) is 0.471. The summed E-state index contributed by atoms with van der Waals surface area (Å²) in [5, 5.41) is 0. The molecule has 1 heterocycles. The molecule has 2 N–H and O–H groups in total. The van der Waals surface area contributed by atoms with Crippen LogP contribution in [0.25, 0.3) is 0 Å². The third-order valence-electron chi connectivity index (χ3n) is 4.31. The molecule has 2 aromatic rings. The van der Waals surface area contributed by atoms with Gasteiger partial charge in [0.1, 0.15) is 5.82 Å². The highest BCUT2D eigenvalue weighted by atomic mass is 15.1. The first kappa shape index (κ1) is 13.4. The molecule has 1 aromatic heterocycles. The van der Waals surface area contributed by atoms with E-state index in [1.54, 1.807) is 0 Å². The van der Waals surface area contributed by atoms with Gasteiger partial charge in [0, 0.05) is 18.3 Å². The van der Waals surface area contributed by atoms with Crippen molar-refractivity contribution in [3.63, 3.8) is 0 Å². The highest BCUT2D eigenvalue weighted by molar-refractivity contribution is 5.25. The first-order valence-corrected chi connectivity index (χ1v) is 7.52. The molecule has 20 heavy (non-hydrogen) atoms. The minimum Gasteiger partial charge on any atom is -0.330 e. The summed E-state index contributed by atoms with van der Waals surface area (Å²) in [5.74, 6) is 1.11. The fourth-order valence-electron chi connectivity index (χ4n) is 3.09. The molecule has 1 atom stereocenters. The molecule has 3 heteroatoms. The average molecular weight is 269 g/mol. The lowest BCUT2D eigenvalue weighted by atomic mass is 10.0. The molecule has 0 spiro atoms. The molecule has 1 unspecified atom stereocenters. The summed E-state index contributed by atoms with van der Waals surface area (Å²) in [6, 6.07) is 8.57. The Bertz CT molecular complexity index is 595. The molecule has 0 radical (unpaired) electrons. The molecule has 0 amide bonds. The molecule has 3 nitrogen and oxygen atoms in total. The third-order valence-corrected chi connectivity index (χ3v) is 4.31. The number of fused-ring (bicyclic) bond motifs is 1. The van der Waals surface area contributed by atoms with Crippen molar-refractivity contribution < 1.29 is 0 Å². The van der Waals surface area contributed by atoms with Crippen molar-refractivity contribution in [3.8, 4) is 0 Å². The van der Waals surface area contributed by atoms with Gasteiger partial charge < -0.3 is 10.3 Å². The van der Waals surface area contributed by atoms with Gasteiger partial charge in [0.15, 0.2) is 0 Å². The lowest BCUT2D eigenvalue weighted by Crippen LogP contribution is -2.20. The van der Waals surface area contributed by atoms with Crippen molar-refractivity contribution >= 4 is 0 Å². The zero-order valence-electron chi connectivity index (χ0n) is 12.4. The monoisotopic (exact) mass is 269 g/mol. The SMILES string of the molecule is Cc1ccc(C(N)Cn2c(C)nc3c2CCCC3)cc1. The molecule has 0 saturated carbocycles. The van der Waals surface area contributed by atoms with E-state index in [-0.39, 0.29) is 6.04 Å². The van der Waals surface area contributed by atoms with Gasteiger partial charge >= 0.3 is 0 Å². The smallest absolute Gasteiger partial charge is 0.106 e. The lowest BCUT2D eigenvalue weighted by Gasteiger charge is -2.19. The van der Waals surface area contributed by atoms with Gasteiger partial charge in [-0.2, -0.15) is 0 Å². The van der Waals surface area contributed by atoms with Crippen molar-refractivity contribution in [3.05, 3.63) is 52.6 Å².